The van der Waals surface area contributed by atoms with Crippen molar-refractivity contribution in [2.45, 2.75) is 51.7 Å². The van der Waals surface area contributed by atoms with E-state index in [2.05, 4.69) is 10.3 Å². The summed E-state index contributed by atoms with van der Waals surface area (Å²) < 4.78 is 5.29. The van der Waals surface area contributed by atoms with Gasteiger partial charge in [0.15, 0.2) is 0 Å². The predicted octanol–water partition coefficient (Wildman–Crippen LogP) is 4.39. The maximum Gasteiger partial charge on any atom is 0.407 e. The molecule has 1 fully saturated rings. The monoisotopic (exact) mass is 407 g/mol. The molecule has 0 bridgehead atoms. The fraction of sp³-hybridized carbons (Fsp3) is 0.526. The third-order valence-electron chi connectivity index (χ3n) is 4.22. The average Bonchev–Trinajstić information content (AvgIpc) is 3.29. The number of carbonyl (C=O) groups excluding carboxylic acids is 2. The van der Waals surface area contributed by atoms with Crippen LogP contribution in [0.5, 0.6) is 0 Å². The summed E-state index contributed by atoms with van der Waals surface area (Å²) >= 11 is 3.04. The standard InChI is InChI=1S/C19H25N3O3S2/c1-19(2,3)25-18(24)21-11-13-7-4-5-9-22(13)17(23)15-12-20-16(27-15)14-8-6-10-26-14/h6,8,10,12-13H,4-5,7,9,11H2,1-3H3,(H,21,24). The average molecular weight is 408 g/mol. The minimum absolute atomic E-state index is 0.00834. The van der Waals surface area contributed by atoms with Crippen LogP contribution in [0.15, 0.2) is 23.7 Å². The second kappa shape index (κ2) is 8.39. The van der Waals surface area contributed by atoms with Crippen molar-refractivity contribution in [1.82, 2.24) is 15.2 Å². The summed E-state index contributed by atoms with van der Waals surface area (Å²) in [4.78, 5) is 32.9. The van der Waals surface area contributed by atoms with E-state index in [0.717, 1.165) is 29.1 Å². The minimum Gasteiger partial charge on any atom is -0.444 e. The molecule has 2 aromatic rings. The molecular formula is C19H25N3O3S2. The van der Waals surface area contributed by atoms with Crippen LogP contribution in [-0.4, -0.2) is 46.6 Å². The molecule has 1 N–H and O–H groups in total. The molecule has 0 saturated carbocycles. The number of hydrogen-bond donors (Lipinski definition) is 1. The van der Waals surface area contributed by atoms with Crippen LogP contribution in [0, 0.1) is 0 Å². The van der Waals surface area contributed by atoms with Gasteiger partial charge in [-0.1, -0.05) is 6.07 Å². The lowest BCUT2D eigenvalue weighted by Gasteiger charge is -2.35. The van der Waals surface area contributed by atoms with Crippen LogP contribution in [-0.2, 0) is 4.74 Å². The van der Waals surface area contributed by atoms with Crippen molar-refractivity contribution in [3.05, 3.63) is 28.6 Å². The summed E-state index contributed by atoms with van der Waals surface area (Å²) in [6.45, 7) is 6.59. The van der Waals surface area contributed by atoms with E-state index in [1.54, 1.807) is 17.5 Å². The van der Waals surface area contributed by atoms with E-state index in [1.165, 1.54) is 11.3 Å². The van der Waals surface area contributed by atoms with Gasteiger partial charge >= 0.3 is 6.09 Å². The summed E-state index contributed by atoms with van der Waals surface area (Å²) in [7, 11) is 0. The van der Waals surface area contributed by atoms with Gasteiger partial charge in [-0.25, -0.2) is 9.78 Å². The van der Waals surface area contributed by atoms with Crippen molar-refractivity contribution in [3.8, 4) is 9.88 Å². The molecule has 0 aliphatic carbocycles. The summed E-state index contributed by atoms with van der Waals surface area (Å²) in [5.74, 6) is -0.00834. The lowest BCUT2D eigenvalue weighted by atomic mass is 10.0. The number of thiazole rings is 1. The van der Waals surface area contributed by atoms with Gasteiger partial charge in [-0.15, -0.1) is 22.7 Å². The number of carbonyl (C=O) groups is 2. The van der Waals surface area contributed by atoms with Crippen LogP contribution in [0.25, 0.3) is 9.88 Å². The Morgan fingerprint density at radius 3 is 2.89 bits per heavy atom. The number of alkyl carbamates (subject to hydrolysis) is 1. The second-order valence-electron chi connectivity index (χ2n) is 7.54. The Kier molecular flexibility index (Phi) is 6.16. The molecule has 6 nitrogen and oxygen atoms in total. The lowest BCUT2D eigenvalue weighted by molar-refractivity contribution is 0.0463. The quantitative estimate of drug-likeness (QED) is 0.816. The number of rotatable bonds is 4. The zero-order valence-electron chi connectivity index (χ0n) is 15.9. The Balaban J connectivity index is 1.64. The molecule has 0 aromatic carbocycles. The highest BCUT2D eigenvalue weighted by molar-refractivity contribution is 7.21. The summed E-state index contributed by atoms with van der Waals surface area (Å²) in [6.07, 6.45) is 4.12. The van der Waals surface area contributed by atoms with Crippen molar-refractivity contribution < 1.29 is 14.3 Å². The van der Waals surface area contributed by atoms with E-state index in [0.29, 0.717) is 18.0 Å². The number of thiophene rings is 1. The highest BCUT2D eigenvalue weighted by Gasteiger charge is 2.29. The largest absolute Gasteiger partial charge is 0.444 e. The number of piperidine rings is 1. The van der Waals surface area contributed by atoms with Gasteiger partial charge in [0.25, 0.3) is 5.91 Å². The van der Waals surface area contributed by atoms with E-state index in [1.807, 2.05) is 43.2 Å². The fourth-order valence-corrected chi connectivity index (χ4v) is 4.70. The van der Waals surface area contributed by atoms with E-state index in [9.17, 15) is 9.59 Å². The molecule has 27 heavy (non-hydrogen) atoms. The molecule has 1 unspecified atom stereocenters. The van der Waals surface area contributed by atoms with Gasteiger partial charge in [0, 0.05) is 19.1 Å². The van der Waals surface area contributed by atoms with Gasteiger partial charge in [0.2, 0.25) is 0 Å². The molecule has 3 rings (SSSR count). The summed E-state index contributed by atoms with van der Waals surface area (Å²) in [6, 6.07) is 3.96. The number of ether oxygens (including phenoxy) is 1. The molecular weight excluding hydrogens is 382 g/mol. The molecule has 1 atom stereocenters. The number of likely N-dealkylation sites (tertiary alicyclic amines) is 1. The minimum atomic E-state index is -0.535. The molecule has 8 heteroatoms. The fourth-order valence-electron chi connectivity index (χ4n) is 3.02. The number of nitrogens with zero attached hydrogens (tertiary/aromatic N) is 2. The number of aromatic nitrogens is 1. The van der Waals surface area contributed by atoms with Crippen molar-refractivity contribution in [2.75, 3.05) is 13.1 Å². The third-order valence-corrected chi connectivity index (χ3v) is 6.24. The van der Waals surface area contributed by atoms with Crippen LogP contribution < -0.4 is 5.32 Å². The molecule has 2 amide bonds. The Morgan fingerprint density at radius 1 is 1.37 bits per heavy atom. The molecule has 3 heterocycles. The Morgan fingerprint density at radius 2 is 2.19 bits per heavy atom. The summed E-state index contributed by atoms with van der Waals surface area (Å²) in [5, 5.41) is 5.68. The maximum absolute atomic E-state index is 13.0. The van der Waals surface area contributed by atoms with Crippen molar-refractivity contribution in [2.24, 2.45) is 0 Å². The zero-order valence-corrected chi connectivity index (χ0v) is 17.5. The van der Waals surface area contributed by atoms with Gasteiger partial charge in [0.1, 0.15) is 15.5 Å². The Labute approximate surface area is 167 Å². The van der Waals surface area contributed by atoms with E-state index in [4.69, 9.17) is 4.74 Å². The first-order valence-electron chi connectivity index (χ1n) is 9.11. The molecule has 1 saturated heterocycles. The maximum atomic E-state index is 13.0. The van der Waals surface area contributed by atoms with Gasteiger partial charge in [-0.2, -0.15) is 0 Å². The Bertz CT molecular complexity index is 780. The Hall–Kier alpha value is -1.93. The zero-order chi connectivity index (χ0) is 19.4. The van der Waals surface area contributed by atoms with Crippen LogP contribution in [0.1, 0.15) is 49.7 Å². The molecule has 0 radical (unpaired) electrons. The molecule has 2 aromatic heterocycles. The van der Waals surface area contributed by atoms with Gasteiger partial charge < -0.3 is 15.0 Å². The first-order chi connectivity index (χ1) is 12.8. The smallest absolute Gasteiger partial charge is 0.407 e. The van der Waals surface area contributed by atoms with Crippen LogP contribution in [0.4, 0.5) is 4.79 Å². The molecule has 146 valence electrons. The lowest BCUT2D eigenvalue weighted by Crippen LogP contribution is -2.49. The van der Waals surface area contributed by atoms with Crippen molar-refractivity contribution >= 4 is 34.7 Å². The van der Waals surface area contributed by atoms with E-state index < -0.39 is 11.7 Å². The highest BCUT2D eigenvalue weighted by atomic mass is 32.1. The normalized spacial score (nSPS) is 17.6. The predicted molar refractivity (Wildman–Crippen MR) is 108 cm³/mol. The van der Waals surface area contributed by atoms with Crippen LogP contribution >= 0.6 is 22.7 Å². The van der Waals surface area contributed by atoms with E-state index >= 15 is 0 Å². The van der Waals surface area contributed by atoms with Gasteiger partial charge in [-0.05, 0) is 51.5 Å². The number of amides is 2. The van der Waals surface area contributed by atoms with Crippen LogP contribution in [0.2, 0.25) is 0 Å². The molecule has 1 aliphatic rings. The first-order valence-corrected chi connectivity index (χ1v) is 10.8. The third kappa shape index (κ3) is 5.29. The molecule has 1 aliphatic heterocycles. The van der Waals surface area contributed by atoms with Crippen molar-refractivity contribution in [1.29, 1.82) is 0 Å². The number of hydrogen-bond acceptors (Lipinski definition) is 6. The highest BCUT2D eigenvalue weighted by Crippen LogP contribution is 2.30. The second-order valence-corrected chi connectivity index (χ2v) is 9.52. The number of nitrogens with one attached hydrogen (secondary N) is 1. The van der Waals surface area contributed by atoms with Gasteiger partial charge in [-0.3, -0.25) is 4.79 Å². The summed E-state index contributed by atoms with van der Waals surface area (Å²) in [5.41, 5.74) is -0.535. The first kappa shape index (κ1) is 19.8. The van der Waals surface area contributed by atoms with Crippen LogP contribution in [0.3, 0.4) is 0 Å². The molecule has 0 spiro atoms. The van der Waals surface area contributed by atoms with E-state index in [-0.39, 0.29) is 11.9 Å². The SMILES string of the molecule is CC(C)(C)OC(=O)NCC1CCCCN1C(=O)c1cnc(-c2cccs2)s1. The van der Waals surface area contributed by atoms with Crippen molar-refractivity contribution in [3.63, 3.8) is 0 Å². The van der Waals surface area contributed by atoms with Gasteiger partial charge in [0.05, 0.1) is 11.1 Å². The topological polar surface area (TPSA) is 71.5 Å².